The van der Waals surface area contributed by atoms with Crippen molar-refractivity contribution in [1.29, 1.82) is 0 Å². The average Bonchev–Trinajstić information content (AvgIpc) is 2.29. The van der Waals surface area contributed by atoms with Gasteiger partial charge < -0.3 is 14.9 Å². The Hall–Kier alpha value is -0.160. The molecule has 4 heteroatoms. The molecule has 1 unspecified atom stereocenters. The predicted octanol–water partition coefficient (Wildman–Crippen LogP) is 1.40. The number of ether oxygens (including phenoxy) is 1. The first-order chi connectivity index (χ1) is 8.77. The van der Waals surface area contributed by atoms with Crippen LogP contribution < -0.4 is 0 Å². The Bertz CT molecular complexity index is 197. The molecule has 0 aliphatic heterocycles. The van der Waals surface area contributed by atoms with Crippen LogP contribution in [0.4, 0.5) is 0 Å². The first-order valence-corrected chi connectivity index (χ1v) is 7.38. The summed E-state index contributed by atoms with van der Waals surface area (Å²) in [5.74, 6) is 0. The summed E-state index contributed by atoms with van der Waals surface area (Å²) in [6, 6.07) is 0.613. The molecule has 108 valence electrons. The average molecular weight is 259 g/mol. The van der Waals surface area contributed by atoms with Gasteiger partial charge in [0.15, 0.2) is 0 Å². The van der Waals surface area contributed by atoms with Gasteiger partial charge in [0.1, 0.15) is 0 Å². The van der Waals surface area contributed by atoms with Crippen molar-refractivity contribution in [3.63, 3.8) is 0 Å². The Morgan fingerprint density at radius 1 is 1.33 bits per heavy atom. The minimum Gasteiger partial charge on any atom is -0.396 e. The number of hydrogen-bond donors (Lipinski definition) is 2. The van der Waals surface area contributed by atoms with Crippen LogP contribution in [0, 0.1) is 0 Å². The molecule has 2 N–H and O–H groups in total. The second-order valence-electron chi connectivity index (χ2n) is 5.24. The summed E-state index contributed by atoms with van der Waals surface area (Å²) in [5.41, 5.74) is 0. The summed E-state index contributed by atoms with van der Waals surface area (Å²) in [7, 11) is 0. The molecule has 0 aromatic carbocycles. The van der Waals surface area contributed by atoms with E-state index in [9.17, 15) is 5.11 Å². The number of hydrogen-bond acceptors (Lipinski definition) is 4. The monoisotopic (exact) mass is 259 g/mol. The molecule has 18 heavy (non-hydrogen) atoms. The van der Waals surface area contributed by atoms with Crippen LogP contribution in [-0.2, 0) is 4.74 Å². The molecule has 0 saturated heterocycles. The molecular formula is C14H29NO3. The number of aliphatic hydroxyl groups is 2. The van der Waals surface area contributed by atoms with Crippen molar-refractivity contribution >= 4 is 0 Å². The van der Waals surface area contributed by atoms with Crippen LogP contribution in [0.15, 0.2) is 0 Å². The highest BCUT2D eigenvalue weighted by Crippen LogP contribution is 2.25. The lowest BCUT2D eigenvalue weighted by Gasteiger charge is -2.38. The molecule has 0 aromatic rings. The van der Waals surface area contributed by atoms with Crippen molar-refractivity contribution in [2.45, 2.75) is 57.6 Å². The lowest BCUT2D eigenvalue weighted by atomic mass is 9.91. The maximum Gasteiger partial charge on any atom is 0.0900 e. The first-order valence-electron chi connectivity index (χ1n) is 7.38. The summed E-state index contributed by atoms with van der Waals surface area (Å²) >= 11 is 0. The van der Waals surface area contributed by atoms with Crippen molar-refractivity contribution in [1.82, 2.24) is 4.90 Å². The number of aliphatic hydroxyl groups excluding tert-OH is 2. The molecule has 0 spiro atoms. The van der Waals surface area contributed by atoms with Crippen LogP contribution in [0.3, 0.4) is 0 Å². The lowest BCUT2D eigenvalue weighted by molar-refractivity contribution is -0.00272. The van der Waals surface area contributed by atoms with E-state index in [0.29, 0.717) is 19.2 Å². The van der Waals surface area contributed by atoms with E-state index in [2.05, 4.69) is 11.8 Å². The second-order valence-corrected chi connectivity index (χ2v) is 5.24. The molecule has 1 aliphatic rings. The van der Waals surface area contributed by atoms with Gasteiger partial charge in [-0.15, -0.1) is 0 Å². The quantitative estimate of drug-likeness (QED) is 0.551. The zero-order valence-electron chi connectivity index (χ0n) is 11.7. The largest absolute Gasteiger partial charge is 0.396 e. The summed E-state index contributed by atoms with van der Waals surface area (Å²) in [6.07, 6.45) is 6.33. The topological polar surface area (TPSA) is 52.9 Å². The van der Waals surface area contributed by atoms with Crippen LogP contribution >= 0.6 is 0 Å². The van der Waals surface area contributed by atoms with Crippen molar-refractivity contribution in [2.75, 3.05) is 32.9 Å². The maximum absolute atomic E-state index is 9.96. The Morgan fingerprint density at radius 3 is 2.67 bits per heavy atom. The summed E-state index contributed by atoms with van der Waals surface area (Å²) in [4.78, 5) is 2.31. The fourth-order valence-corrected chi connectivity index (χ4v) is 2.24. The van der Waals surface area contributed by atoms with Crippen LogP contribution in [0.1, 0.15) is 45.4 Å². The Labute approximate surface area is 111 Å². The lowest BCUT2D eigenvalue weighted by Crippen LogP contribution is -2.45. The van der Waals surface area contributed by atoms with Gasteiger partial charge in [-0.3, -0.25) is 4.90 Å². The second kappa shape index (κ2) is 9.73. The van der Waals surface area contributed by atoms with E-state index in [4.69, 9.17) is 9.84 Å². The van der Waals surface area contributed by atoms with Gasteiger partial charge in [0, 0.05) is 32.3 Å². The third-order valence-electron chi connectivity index (χ3n) is 3.59. The van der Waals surface area contributed by atoms with Crippen molar-refractivity contribution < 1.29 is 14.9 Å². The van der Waals surface area contributed by atoms with Crippen LogP contribution in [-0.4, -0.2) is 60.2 Å². The van der Waals surface area contributed by atoms with Crippen LogP contribution in [0.5, 0.6) is 0 Å². The standard InChI is InChI=1S/C14H29NO3/c1-2-3-10-18-12-14(17)11-15(8-5-9-16)13-6-4-7-13/h13-14,16-17H,2-12H2,1H3. The minimum atomic E-state index is -0.402. The van der Waals surface area contributed by atoms with Gasteiger partial charge in [-0.2, -0.15) is 0 Å². The third kappa shape index (κ3) is 6.14. The SMILES string of the molecule is CCCCOCC(O)CN(CCCO)C1CCC1. The van der Waals surface area contributed by atoms with Crippen molar-refractivity contribution in [3.05, 3.63) is 0 Å². The van der Waals surface area contributed by atoms with Gasteiger partial charge in [0.05, 0.1) is 12.7 Å². The molecular weight excluding hydrogens is 230 g/mol. The minimum absolute atomic E-state index is 0.228. The zero-order chi connectivity index (χ0) is 13.2. The number of nitrogens with zero attached hydrogens (tertiary/aromatic N) is 1. The summed E-state index contributed by atoms with van der Waals surface area (Å²) in [5, 5.41) is 18.9. The molecule has 1 aliphatic carbocycles. The van der Waals surface area contributed by atoms with E-state index >= 15 is 0 Å². The van der Waals surface area contributed by atoms with Crippen LogP contribution in [0.2, 0.25) is 0 Å². The van der Waals surface area contributed by atoms with Crippen molar-refractivity contribution in [2.24, 2.45) is 0 Å². The van der Waals surface area contributed by atoms with E-state index in [1.165, 1.54) is 19.3 Å². The molecule has 1 fully saturated rings. The molecule has 0 radical (unpaired) electrons. The highest BCUT2D eigenvalue weighted by Gasteiger charge is 2.25. The molecule has 1 atom stereocenters. The molecule has 1 saturated carbocycles. The Morgan fingerprint density at radius 2 is 2.11 bits per heavy atom. The highest BCUT2D eigenvalue weighted by atomic mass is 16.5. The maximum atomic E-state index is 9.96. The first kappa shape index (κ1) is 15.9. The molecule has 0 amide bonds. The molecule has 0 heterocycles. The van der Waals surface area contributed by atoms with E-state index < -0.39 is 6.10 Å². The number of unbranched alkanes of at least 4 members (excludes halogenated alkanes) is 1. The van der Waals surface area contributed by atoms with E-state index in [-0.39, 0.29) is 6.61 Å². The van der Waals surface area contributed by atoms with Gasteiger partial charge in [0.2, 0.25) is 0 Å². The van der Waals surface area contributed by atoms with Gasteiger partial charge in [-0.05, 0) is 25.7 Å². The highest BCUT2D eigenvalue weighted by molar-refractivity contribution is 4.81. The summed E-state index contributed by atoms with van der Waals surface area (Å²) < 4.78 is 5.45. The molecule has 0 aromatic heterocycles. The van der Waals surface area contributed by atoms with Gasteiger partial charge in [-0.25, -0.2) is 0 Å². The van der Waals surface area contributed by atoms with E-state index in [0.717, 1.165) is 32.4 Å². The number of rotatable bonds is 11. The van der Waals surface area contributed by atoms with E-state index in [1.807, 2.05) is 0 Å². The molecule has 1 rings (SSSR count). The Kier molecular flexibility index (Phi) is 8.59. The fraction of sp³-hybridized carbons (Fsp3) is 1.00. The van der Waals surface area contributed by atoms with Gasteiger partial charge >= 0.3 is 0 Å². The molecule has 4 nitrogen and oxygen atoms in total. The fourth-order valence-electron chi connectivity index (χ4n) is 2.24. The Balaban J connectivity index is 2.17. The van der Waals surface area contributed by atoms with Crippen molar-refractivity contribution in [3.8, 4) is 0 Å². The van der Waals surface area contributed by atoms with Crippen LogP contribution in [0.25, 0.3) is 0 Å². The smallest absolute Gasteiger partial charge is 0.0900 e. The summed E-state index contributed by atoms with van der Waals surface area (Å²) in [6.45, 7) is 5.10. The third-order valence-corrected chi connectivity index (χ3v) is 3.59. The normalized spacial score (nSPS) is 18.0. The van der Waals surface area contributed by atoms with Gasteiger partial charge in [0.25, 0.3) is 0 Å². The molecule has 0 bridgehead atoms. The van der Waals surface area contributed by atoms with E-state index in [1.54, 1.807) is 0 Å². The zero-order valence-corrected chi connectivity index (χ0v) is 11.7. The van der Waals surface area contributed by atoms with Gasteiger partial charge in [-0.1, -0.05) is 19.8 Å². The predicted molar refractivity (Wildman–Crippen MR) is 72.6 cm³/mol.